The van der Waals surface area contributed by atoms with Gasteiger partial charge in [-0.3, -0.25) is 4.99 Å². The summed E-state index contributed by atoms with van der Waals surface area (Å²) in [4.78, 5) is 6.95. The van der Waals surface area contributed by atoms with E-state index in [1.54, 1.807) is 11.8 Å². The molecule has 2 aliphatic heterocycles. The van der Waals surface area contributed by atoms with E-state index in [2.05, 4.69) is 68.1 Å². The highest BCUT2D eigenvalue weighted by Gasteiger charge is 2.47. The second-order valence-corrected chi connectivity index (χ2v) is 10.6. The number of aryl methyl sites for hydroxylation is 3. The van der Waals surface area contributed by atoms with Gasteiger partial charge in [0.2, 0.25) is 0 Å². The average Bonchev–Trinajstić information content (AvgIpc) is 3.08. The lowest BCUT2D eigenvalue weighted by atomic mass is 10.1. The Kier molecular flexibility index (Phi) is 4.80. The van der Waals surface area contributed by atoms with Crippen LogP contribution in [0.2, 0.25) is 0 Å². The van der Waals surface area contributed by atoms with Gasteiger partial charge in [-0.15, -0.1) is 0 Å². The number of anilines is 1. The van der Waals surface area contributed by atoms with Gasteiger partial charge in [-0.2, -0.15) is 0 Å². The van der Waals surface area contributed by atoms with Crippen molar-refractivity contribution in [3.8, 4) is 0 Å². The lowest BCUT2D eigenvalue weighted by molar-refractivity contribution is 0.601. The van der Waals surface area contributed by atoms with Crippen LogP contribution in [-0.2, 0) is 15.6 Å². The van der Waals surface area contributed by atoms with Crippen molar-refractivity contribution < 1.29 is 8.42 Å². The van der Waals surface area contributed by atoms with Crippen molar-refractivity contribution in [1.29, 1.82) is 0 Å². The van der Waals surface area contributed by atoms with E-state index in [-0.39, 0.29) is 23.6 Å². The van der Waals surface area contributed by atoms with Crippen LogP contribution in [0.3, 0.4) is 0 Å². The van der Waals surface area contributed by atoms with Crippen LogP contribution in [0, 0.1) is 20.8 Å². The van der Waals surface area contributed by atoms with Gasteiger partial charge in [0.1, 0.15) is 0 Å². The van der Waals surface area contributed by atoms with Gasteiger partial charge in [0.15, 0.2) is 15.0 Å². The Morgan fingerprint density at radius 2 is 1.78 bits per heavy atom. The van der Waals surface area contributed by atoms with Crippen molar-refractivity contribution in [3.63, 3.8) is 0 Å². The maximum Gasteiger partial charge on any atom is 0.164 e. The first-order valence-electron chi connectivity index (χ1n) is 9.15. The highest BCUT2D eigenvalue weighted by Crippen LogP contribution is 2.36. The van der Waals surface area contributed by atoms with E-state index >= 15 is 0 Å². The number of rotatable bonds is 3. The number of amidine groups is 1. The van der Waals surface area contributed by atoms with Gasteiger partial charge < -0.3 is 4.90 Å². The third-order valence-electron chi connectivity index (χ3n) is 5.36. The molecule has 0 bridgehead atoms. The normalized spacial score (nSPS) is 23.4. The number of hydrogen-bond donors (Lipinski definition) is 0. The first-order chi connectivity index (χ1) is 12.8. The van der Waals surface area contributed by atoms with Crippen molar-refractivity contribution in [2.45, 2.75) is 38.6 Å². The molecule has 2 aliphatic rings. The van der Waals surface area contributed by atoms with E-state index in [0.717, 1.165) is 16.6 Å². The Morgan fingerprint density at radius 1 is 1.04 bits per heavy atom. The molecule has 0 radical (unpaired) electrons. The third kappa shape index (κ3) is 3.78. The summed E-state index contributed by atoms with van der Waals surface area (Å²) in [5.41, 5.74) is 6.06. The Balaban J connectivity index is 1.60. The van der Waals surface area contributed by atoms with Crippen molar-refractivity contribution in [2.24, 2.45) is 4.99 Å². The number of benzene rings is 2. The van der Waals surface area contributed by atoms with E-state index in [0.29, 0.717) is 0 Å². The summed E-state index contributed by atoms with van der Waals surface area (Å²) in [5, 5.41) is 0.932. The van der Waals surface area contributed by atoms with E-state index in [1.807, 2.05) is 0 Å². The lowest BCUT2D eigenvalue weighted by Crippen LogP contribution is -2.39. The fraction of sp³-hybridized carbons (Fsp3) is 0.381. The van der Waals surface area contributed by atoms with E-state index in [9.17, 15) is 8.42 Å². The van der Waals surface area contributed by atoms with Crippen LogP contribution >= 0.6 is 11.8 Å². The van der Waals surface area contributed by atoms with Crippen LogP contribution in [-0.4, -0.2) is 37.2 Å². The topological polar surface area (TPSA) is 49.7 Å². The summed E-state index contributed by atoms with van der Waals surface area (Å²) in [7, 11) is -3.01. The summed E-state index contributed by atoms with van der Waals surface area (Å²) in [6.45, 7) is 6.30. The highest BCUT2D eigenvalue weighted by molar-refractivity contribution is 8.13. The van der Waals surface area contributed by atoms with Crippen LogP contribution in [0.4, 0.5) is 5.69 Å². The summed E-state index contributed by atoms with van der Waals surface area (Å²) < 4.78 is 24.3. The molecule has 27 heavy (non-hydrogen) atoms. The first kappa shape index (κ1) is 18.6. The van der Waals surface area contributed by atoms with E-state index < -0.39 is 9.84 Å². The Bertz CT molecular complexity index is 997. The van der Waals surface area contributed by atoms with Crippen molar-refractivity contribution in [2.75, 3.05) is 16.4 Å². The molecule has 0 N–H and O–H groups in total. The predicted molar refractivity (Wildman–Crippen MR) is 115 cm³/mol. The van der Waals surface area contributed by atoms with Gasteiger partial charge in [0, 0.05) is 11.4 Å². The molecule has 0 amide bonds. The number of aliphatic imine (C=N–C) groups is 1. The minimum absolute atomic E-state index is 0.0834. The molecule has 2 heterocycles. The number of hydrogen-bond acceptors (Lipinski definition) is 5. The fourth-order valence-electron chi connectivity index (χ4n) is 3.68. The lowest BCUT2D eigenvalue weighted by Gasteiger charge is -2.26. The van der Waals surface area contributed by atoms with Gasteiger partial charge in [0.25, 0.3) is 0 Å². The quantitative estimate of drug-likeness (QED) is 0.784. The maximum absolute atomic E-state index is 12.1. The molecule has 2 aromatic rings. The van der Waals surface area contributed by atoms with Crippen molar-refractivity contribution in [1.82, 2.24) is 0 Å². The molecule has 0 spiro atoms. The Labute approximate surface area is 165 Å². The molecular formula is C21H24N2O2S2. The summed E-state index contributed by atoms with van der Waals surface area (Å²) in [5.74, 6) is 1.17. The van der Waals surface area contributed by atoms with E-state index in [4.69, 9.17) is 4.99 Å². The predicted octanol–water partition coefficient (Wildman–Crippen LogP) is 3.89. The molecular weight excluding hydrogens is 376 g/mol. The second-order valence-electron chi connectivity index (χ2n) is 7.54. The smallest absolute Gasteiger partial charge is 0.164 e. The average molecular weight is 401 g/mol. The largest absolute Gasteiger partial charge is 0.315 e. The summed E-state index contributed by atoms with van der Waals surface area (Å²) >= 11 is 1.70. The van der Waals surface area contributed by atoms with Gasteiger partial charge in [-0.1, -0.05) is 47.7 Å². The summed E-state index contributed by atoms with van der Waals surface area (Å²) in [6, 6.07) is 14.6. The Hall–Kier alpha value is -1.79. The third-order valence-corrected chi connectivity index (χ3v) is 8.10. The molecule has 0 aliphatic carbocycles. The Morgan fingerprint density at radius 3 is 2.48 bits per heavy atom. The molecule has 2 atom stereocenters. The van der Waals surface area contributed by atoms with Crippen LogP contribution in [0.1, 0.15) is 22.3 Å². The first-order valence-corrected chi connectivity index (χ1v) is 12.0. The van der Waals surface area contributed by atoms with Crippen molar-refractivity contribution in [3.05, 3.63) is 64.7 Å². The molecule has 0 unspecified atom stereocenters. The highest BCUT2D eigenvalue weighted by atomic mass is 32.2. The van der Waals surface area contributed by atoms with Crippen molar-refractivity contribution >= 4 is 32.5 Å². The second kappa shape index (κ2) is 6.99. The molecule has 4 rings (SSSR count). The van der Waals surface area contributed by atoms with Gasteiger partial charge in [-0.05, 0) is 49.6 Å². The SMILES string of the molecule is Cc1ccc(N2C(SCc3ccc(C)c(C)c3)=N[C@H]3CS(=O)(=O)C[C@H]32)cc1. The molecule has 2 aromatic carbocycles. The standard InChI is InChI=1S/C21H24N2O2S2/c1-14-4-8-18(9-5-14)23-20-13-27(24,25)12-19(20)22-21(23)26-11-17-7-6-15(2)16(3)10-17/h4-10,19-20H,11-13H2,1-3H3/t19-,20+/m0/s1. The number of fused-ring (bicyclic) bond motifs is 1. The van der Waals surface area contributed by atoms with E-state index in [1.165, 1.54) is 22.3 Å². The molecule has 1 saturated heterocycles. The zero-order chi connectivity index (χ0) is 19.2. The van der Waals surface area contributed by atoms with Gasteiger partial charge >= 0.3 is 0 Å². The molecule has 0 saturated carbocycles. The van der Waals surface area contributed by atoms with Gasteiger partial charge in [0.05, 0.1) is 23.6 Å². The minimum Gasteiger partial charge on any atom is -0.315 e. The maximum atomic E-state index is 12.1. The monoisotopic (exact) mass is 400 g/mol. The molecule has 1 fully saturated rings. The van der Waals surface area contributed by atoms with Crippen LogP contribution < -0.4 is 4.90 Å². The molecule has 6 heteroatoms. The molecule has 0 aromatic heterocycles. The molecule has 4 nitrogen and oxygen atoms in total. The van der Waals surface area contributed by atoms with Crippen LogP contribution in [0.25, 0.3) is 0 Å². The number of thioether (sulfide) groups is 1. The van der Waals surface area contributed by atoms with Crippen LogP contribution in [0.15, 0.2) is 47.5 Å². The zero-order valence-electron chi connectivity index (χ0n) is 15.8. The minimum atomic E-state index is -3.01. The fourth-order valence-corrected chi connectivity index (χ4v) is 6.59. The molecule has 142 valence electrons. The number of sulfone groups is 1. The van der Waals surface area contributed by atoms with Gasteiger partial charge in [-0.25, -0.2) is 8.42 Å². The number of nitrogens with zero attached hydrogens (tertiary/aromatic N) is 2. The zero-order valence-corrected chi connectivity index (χ0v) is 17.5. The van der Waals surface area contributed by atoms with Crippen LogP contribution in [0.5, 0.6) is 0 Å². The summed E-state index contributed by atoms with van der Waals surface area (Å²) in [6.07, 6.45) is 0.